The lowest BCUT2D eigenvalue weighted by Crippen LogP contribution is -2.16. The van der Waals surface area contributed by atoms with Crippen molar-refractivity contribution in [2.75, 3.05) is 10.6 Å². The Hall–Kier alpha value is -2.36. The highest BCUT2D eigenvalue weighted by atomic mass is 16.1. The number of aromatic nitrogens is 1. The smallest absolute Gasteiger partial charge is 0.228 e. The standard InChI is InChI=1S/C18H23N3O/c1-4-14(3)20-17-9-8-16(12-19-17)21-18(22)11-15-7-5-6-13(2)10-15/h5-10,12,14H,4,11H2,1-3H3,(H,19,20)(H,21,22). The van der Waals surface area contributed by atoms with Crippen molar-refractivity contribution >= 4 is 17.4 Å². The van der Waals surface area contributed by atoms with E-state index >= 15 is 0 Å². The van der Waals surface area contributed by atoms with Gasteiger partial charge in [-0.2, -0.15) is 0 Å². The molecule has 2 N–H and O–H groups in total. The molecule has 1 amide bonds. The van der Waals surface area contributed by atoms with E-state index < -0.39 is 0 Å². The molecule has 0 aliphatic heterocycles. The number of nitrogens with zero attached hydrogens (tertiary/aromatic N) is 1. The van der Waals surface area contributed by atoms with E-state index in [1.807, 2.05) is 43.3 Å². The van der Waals surface area contributed by atoms with Gasteiger partial charge in [-0.15, -0.1) is 0 Å². The number of rotatable bonds is 6. The van der Waals surface area contributed by atoms with Crippen molar-refractivity contribution in [3.63, 3.8) is 0 Å². The second-order valence-corrected chi connectivity index (χ2v) is 5.60. The maximum absolute atomic E-state index is 12.0. The summed E-state index contributed by atoms with van der Waals surface area (Å²) in [6.07, 6.45) is 3.09. The van der Waals surface area contributed by atoms with Crippen LogP contribution in [0.5, 0.6) is 0 Å². The average molecular weight is 297 g/mol. The maximum Gasteiger partial charge on any atom is 0.228 e. The third kappa shape index (κ3) is 4.88. The molecule has 1 unspecified atom stereocenters. The number of hydrogen-bond acceptors (Lipinski definition) is 3. The molecule has 1 heterocycles. The molecule has 1 aromatic carbocycles. The summed E-state index contributed by atoms with van der Waals surface area (Å²) in [5.74, 6) is 0.793. The van der Waals surface area contributed by atoms with E-state index in [4.69, 9.17) is 0 Å². The molecular weight excluding hydrogens is 274 g/mol. The first-order valence-corrected chi connectivity index (χ1v) is 7.65. The summed E-state index contributed by atoms with van der Waals surface area (Å²) in [5.41, 5.74) is 2.89. The van der Waals surface area contributed by atoms with Gasteiger partial charge in [-0.1, -0.05) is 36.8 Å². The van der Waals surface area contributed by atoms with Gasteiger partial charge < -0.3 is 10.6 Å². The van der Waals surface area contributed by atoms with E-state index in [0.29, 0.717) is 18.2 Å². The van der Waals surface area contributed by atoms with E-state index in [9.17, 15) is 4.79 Å². The van der Waals surface area contributed by atoms with Gasteiger partial charge in [-0.25, -0.2) is 4.98 Å². The van der Waals surface area contributed by atoms with Crippen molar-refractivity contribution in [3.05, 3.63) is 53.7 Å². The molecule has 0 bridgehead atoms. The molecule has 1 aromatic heterocycles. The third-order valence-electron chi connectivity index (χ3n) is 3.50. The lowest BCUT2D eigenvalue weighted by molar-refractivity contribution is -0.115. The summed E-state index contributed by atoms with van der Waals surface area (Å²) < 4.78 is 0. The van der Waals surface area contributed by atoms with Crippen LogP contribution >= 0.6 is 0 Å². The molecule has 22 heavy (non-hydrogen) atoms. The molecule has 1 atom stereocenters. The molecule has 4 nitrogen and oxygen atoms in total. The lowest BCUT2D eigenvalue weighted by atomic mass is 10.1. The zero-order valence-electron chi connectivity index (χ0n) is 13.4. The van der Waals surface area contributed by atoms with Crippen molar-refractivity contribution in [2.45, 2.75) is 39.7 Å². The molecule has 116 valence electrons. The van der Waals surface area contributed by atoms with Gasteiger partial charge in [0.2, 0.25) is 5.91 Å². The van der Waals surface area contributed by atoms with Crippen molar-refractivity contribution in [1.29, 1.82) is 0 Å². The quantitative estimate of drug-likeness (QED) is 0.853. The fourth-order valence-corrected chi connectivity index (χ4v) is 2.12. The number of amides is 1. The normalized spacial score (nSPS) is 11.8. The molecule has 2 aromatic rings. The maximum atomic E-state index is 12.0. The Morgan fingerprint density at radius 2 is 2.09 bits per heavy atom. The summed E-state index contributed by atoms with van der Waals surface area (Å²) in [6, 6.07) is 12.1. The van der Waals surface area contributed by atoms with Crippen LogP contribution in [-0.2, 0) is 11.2 Å². The highest BCUT2D eigenvalue weighted by Crippen LogP contribution is 2.12. The predicted molar refractivity (Wildman–Crippen MR) is 91.1 cm³/mol. The van der Waals surface area contributed by atoms with Gasteiger partial charge in [0, 0.05) is 6.04 Å². The predicted octanol–water partition coefficient (Wildman–Crippen LogP) is 3.78. The van der Waals surface area contributed by atoms with Gasteiger partial charge in [0.25, 0.3) is 0 Å². The van der Waals surface area contributed by atoms with Gasteiger partial charge in [0.15, 0.2) is 0 Å². The number of nitrogens with one attached hydrogen (secondary N) is 2. The number of benzene rings is 1. The first-order chi connectivity index (χ1) is 10.6. The Bertz CT molecular complexity index is 622. The Labute approximate surface area is 132 Å². The van der Waals surface area contributed by atoms with Gasteiger partial charge in [0.1, 0.15) is 5.82 Å². The highest BCUT2D eigenvalue weighted by molar-refractivity contribution is 5.92. The van der Waals surface area contributed by atoms with Crippen LogP contribution in [0.1, 0.15) is 31.4 Å². The van der Waals surface area contributed by atoms with E-state index in [1.54, 1.807) is 6.20 Å². The first kappa shape index (κ1) is 16.0. The minimum Gasteiger partial charge on any atom is -0.368 e. The average Bonchev–Trinajstić information content (AvgIpc) is 2.49. The molecule has 0 radical (unpaired) electrons. The van der Waals surface area contributed by atoms with Crippen LogP contribution in [0.2, 0.25) is 0 Å². The van der Waals surface area contributed by atoms with Crippen LogP contribution in [0.3, 0.4) is 0 Å². The first-order valence-electron chi connectivity index (χ1n) is 7.65. The Balaban J connectivity index is 1.91. The molecule has 0 saturated heterocycles. The zero-order chi connectivity index (χ0) is 15.9. The molecule has 0 aliphatic rings. The van der Waals surface area contributed by atoms with Crippen LogP contribution in [0.4, 0.5) is 11.5 Å². The number of anilines is 2. The van der Waals surface area contributed by atoms with E-state index in [-0.39, 0.29) is 5.91 Å². The monoisotopic (exact) mass is 297 g/mol. The summed E-state index contributed by atoms with van der Waals surface area (Å²) >= 11 is 0. The Morgan fingerprint density at radius 1 is 1.27 bits per heavy atom. The SMILES string of the molecule is CCC(C)Nc1ccc(NC(=O)Cc2cccc(C)c2)cn1. The van der Waals surface area contributed by atoms with E-state index in [0.717, 1.165) is 23.4 Å². The molecule has 2 rings (SSSR count). The Kier molecular flexibility index (Phi) is 5.53. The second-order valence-electron chi connectivity index (χ2n) is 5.60. The van der Waals surface area contributed by atoms with Crippen molar-refractivity contribution < 1.29 is 4.79 Å². The molecule has 0 spiro atoms. The van der Waals surface area contributed by atoms with Crippen LogP contribution in [-0.4, -0.2) is 16.9 Å². The topological polar surface area (TPSA) is 54.0 Å². The minimum atomic E-state index is -0.0324. The van der Waals surface area contributed by atoms with Crippen molar-refractivity contribution in [2.24, 2.45) is 0 Å². The minimum absolute atomic E-state index is 0.0324. The van der Waals surface area contributed by atoms with Gasteiger partial charge in [-0.3, -0.25) is 4.79 Å². The number of pyridine rings is 1. The highest BCUT2D eigenvalue weighted by Gasteiger charge is 2.05. The van der Waals surface area contributed by atoms with Gasteiger partial charge >= 0.3 is 0 Å². The van der Waals surface area contributed by atoms with E-state index in [1.165, 1.54) is 0 Å². The van der Waals surface area contributed by atoms with Crippen molar-refractivity contribution in [3.8, 4) is 0 Å². The molecule has 4 heteroatoms. The van der Waals surface area contributed by atoms with Crippen LogP contribution < -0.4 is 10.6 Å². The molecular formula is C18H23N3O. The largest absolute Gasteiger partial charge is 0.368 e. The van der Waals surface area contributed by atoms with Gasteiger partial charge in [-0.05, 0) is 38.0 Å². The van der Waals surface area contributed by atoms with E-state index in [2.05, 4.69) is 29.5 Å². The summed E-state index contributed by atoms with van der Waals surface area (Å²) in [6.45, 7) is 6.26. The number of carbonyl (C=O) groups is 1. The van der Waals surface area contributed by atoms with Crippen molar-refractivity contribution in [1.82, 2.24) is 4.98 Å². The van der Waals surface area contributed by atoms with Gasteiger partial charge in [0.05, 0.1) is 18.3 Å². The second kappa shape index (κ2) is 7.59. The van der Waals surface area contributed by atoms with Crippen LogP contribution in [0, 0.1) is 6.92 Å². The fourth-order valence-electron chi connectivity index (χ4n) is 2.12. The molecule has 0 fully saturated rings. The zero-order valence-corrected chi connectivity index (χ0v) is 13.4. The summed E-state index contributed by atoms with van der Waals surface area (Å²) in [5, 5.41) is 6.17. The Morgan fingerprint density at radius 3 is 2.73 bits per heavy atom. The van der Waals surface area contributed by atoms with Crippen LogP contribution in [0.25, 0.3) is 0 Å². The number of hydrogen-bond donors (Lipinski definition) is 2. The number of carbonyl (C=O) groups excluding carboxylic acids is 1. The number of aryl methyl sites for hydroxylation is 1. The lowest BCUT2D eigenvalue weighted by Gasteiger charge is -2.12. The summed E-state index contributed by atoms with van der Waals surface area (Å²) in [7, 11) is 0. The fraction of sp³-hybridized carbons (Fsp3) is 0.333. The molecule has 0 saturated carbocycles. The molecule has 0 aliphatic carbocycles. The third-order valence-corrected chi connectivity index (χ3v) is 3.50. The summed E-state index contributed by atoms with van der Waals surface area (Å²) in [4.78, 5) is 16.4. The van der Waals surface area contributed by atoms with Crippen LogP contribution in [0.15, 0.2) is 42.6 Å².